The molecule has 0 fully saturated rings. The monoisotopic (exact) mass is 322 g/mol. The van der Waals surface area contributed by atoms with Gasteiger partial charge in [-0.15, -0.1) is 0 Å². The van der Waals surface area contributed by atoms with Gasteiger partial charge in [0.15, 0.2) is 10.8 Å². The summed E-state index contributed by atoms with van der Waals surface area (Å²) in [6.07, 6.45) is 1.45. The molecular weight excluding hydrogens is 316 g/mol. The quantitative estimate of drug-likeness (QED) is 0.643. The molecule has 1 aromatic carbocycles. The maximum atomic E-state index is 6.02. The molecule has 0 amide bonds. The van der Waals surface area contributed by atoms with Gasteiger partial charge in [0.1, 0.15) is 17.7 Å². The highest BCUT2D eigenvalue weighted by molar-refractivity contribution is 9.10. The predicted octanol–water partition coefficient (Wildman–Crippen LogP) is 3.54. The van der Waals surface area contributed by atoms with Gasteiger partial charge in [-0.25, -0.2) is 15.0 Å². The fraction of sp³-hybridized carbons (Fsp3) is 0.0833. The third-order valence-electron chi connectivity index (χ3n) is 2.65. The molecule has 0 saturated heterocycles. The summed E-state index contributed by atoms with van der Waals surface area (Å²) in [5.41, 5.74) is 2.34. The van der Waals surface area contributed by atoms with Gasteiger partial charge in [0.2, 0.25) is 0 Å². The Balaban J connectivity index is 2.32. The van der Waals surface area contributed by atoms with E-state index in [2.05, 4.69) is 30.9 Å². The molecule has 90 valence electrons. The van der Waals surface area contributed by atoms with Crippen LogP contribution < -0.4 is 0 Å². The standard InChI is InChI=1S/C12H8BrClN4/c1-7-17-10-11(14)15-6-16-12(10)18(7)9-4-2-8(13)3-5-9/h2-6H,1H3. The van der Waals surface area contributed by atoms with Crippen LogP contribution in [0.2, 0.25) is 5.15 Å². The Hall–Kier alpha value is -1.46. The van der Waals surface area contributed by atoms with Crippen LogP contribution in [-0.4, -0.2) is 19.5 Å². The van der Waals surface area contributed by atoms with Gasteiger partial charge in [0.05, 0.1) is 0 Å². The number of benzene rings is 1. The molecule has 0 aliphatic rings. The molecule has 3 rings (SSSR count). The Bertz CT molecular complexity index is 721. The average molecular weight is 324 g/mol. The normalized spacial score (nSPS) is 11.1. The van der Waals surface area contributed by atoms with E-state index >= 15 is 0 Å². The molecular formula is C12H8BrClN4. The number of halogens is 2. The molecule has 0 bridgehead atoms. The van der Waals surface area contributed by atoms with Crippen molar-refractivity contribution in [1.29, 1.82) is 0 Å². The zero-order valence-corrected chi connectivity index (χ0v) is 11.8. The van der Waals surface area contributed by atoms with Crippen LogP contribution in [0.15, 0.2) is 35.1 Å². The Morgan fingerprint density at radius 3 is 2.61 bits per heavy atom. The topological polar surface area (TPSA) is 43.6 Å². The highest BCUT2D eigenvalue weighted by atomic mass is 79.9. The maximum Gasteiger partial charge on any atom is 0.169 e. The van der Waals surface area contributed by atoms with E-state index in [9.17, 15) is 0 Å². The van der Waals surface area contributed by atoms with Gasteiger partial charge in [-0.3, -0.25) is 4.57 Å². The smallest absolute Gasteiger partial charge is 0.169 e. The number of hydrogen-bond donors (Lipinski definition) is 0. The first-order valence-electron chi connectivity index (χ1n) is 5.28. The maximum absolute atomic E-state index is 6.02. The summed E-state index contributed by atoms with van der Waals surface area (Å²) >= 11 is 9.44. The Kier molecular flexibility index (Phi) is 2.80. The number of fused-ring (bicyclic) bond motifs is 1. The number of aromatic nitrogens is 4. The highest BCUT2D eigenvalue weighted by Crippen LogP contribution is 2.24. The third kappa shape index (κ3) is 1.79. The van der Waals surface area contributed by atoms with Crippen molar-refractivity contribution in [3.63, 3.8) is 0 Å². The van der Waals surface area contributed by atoms with Gasteiger partial charge in [-0.05, 0) is 31.2 Å². The molecule has 0 aliphatic heterocycles. The van der Waals surface area contributed by atoms with Crippen LogP contribution in [0.4, 0.5) is 0 Å². The Morgan fingerprint density at radius 1 is 1.17 bits per heavy atom. The lowest BCUT2D eigenvalue weighted by atomic mass is 10.3. The van der Waals surface area contributed by atoms with Crippen LogP contribution in [0.25, 0.3) is 16.9 Å². The van der Waals surface area contributed by atoms with Crippen LogP contribution in [0.1, 0.15) is 5.82 Å². The van der Waals surface area contributed by atoms with E-state index in [0.29, 0.717) is 10.7 Å². The molecule has 0 aliphatic carbocycles. The van der Waals surface area contributed by atoms with E-state index < -0.39 is 0 Å². The minimum absolute atomic E-state index is 0.374. The van der Waals surface area contributed by atoms with Crippen LogP contribution in [0.3, 0.4) is 0 Å². The van der Waals surface area contributed by atoms with Crippen molar-refractivity contribution in [1.82, 2.24) is 19.5 Å². The van der Waals surface area contributed by atoms with Gasteiger partial charge in [0, 0.05) is 10.2 Å². The highest BCUT2D eigenvalue weighted by Gasteiger charge is 2.13. The van der Waals surface area contributed by atoms with E-state index in [0.717, 1.165) is 21.6 Å². The predicted molar refractivity (Wildman–Crippen MR) is 74.1 cm³/mol. The van der Waals surface area contributed by atoms with Gasteiger partial charge >= 0.3 is 0 Å². The molecule has 3 aromatic rings. The molecule has 2 heterocycles. The van der Waals surface area contributed by atoms with Crippen molar-refractivity contribution in [2.24, 2.45) is 0 Å². The van der Waals surface area contributed by atoms with Crippen LogP contribution >= 0.6 is 27.5 Å². The van der Waals surface area contributed by atoms with Crippen molar-refractivity contribution in [3.8, 4) is 5.69 Å². The lowest BCUT2D eigenvalue weighted by Crippen LogP contribution is -1.97. The number of imidazole rings is 1. The molecule has 0 spiro atoms. The number of rotatable bonds is 1. The summed E-state index contributed by atoms with van der Waals surface area (Å²) < 4.78 is 2.98. The molecule has 0 unspecified atom stereocenters. The van der Waals surface area contributed by atoms with Gasteiger partial charge in [0.25, 0.3) is 0 Å². The lowest BCUT2D eigenvalue weighted by Gasteiger charge is -2.05. The third-order valence-corrected chi connectivity index (χ3v) is 3.46. The van der Waals surface area contributed by atoms with Crippen LogP contribution in [-0.2, 0) is 0 Å². The molecule has 0 atom stereocenters. The minimum atomic E-state index is 0.374. The molecule has 18 heavy (non-hydrogen) atoms. The second-order valence-electron chi connectivity index (χ2n) is 3.81. The number of hydrogen-bond acceptors (Lipinski definition) is 3. The molecule has 2 aromatic heterocycles. The molecule has 0 radical (unpaired) electrons. The molecule has 0 N–H and O–H groups in total. The SMILES string of the molecule is Cc1nc2c(Cl)ncnc2n1-c1ccc(Br)cc1. The summed E-state index contributed by atoms with van der Waals surface area (Å²) in [5, 5.41) is 0.374. The largest absolute Gasteiger partial charge is 0.281 e. The number of nitrogens with zero attached hydrogens (tertiary/aromatic N) is 4. The van der Waals surface area contributed by atoms with Crippen molar-refractivity contribution in [2.45, 2.75) is 6.92 Å². The zero-order chi connectivity index (χ0) is 12.7. The van der Waals surface area contributed by atoms with E-state index in [-0.39, 0.29) is 0 Å². The minimum Gasteiger partial charge on any atom is -0.281 e. The van der Waals surface area contributed by atoms with Crippen molar-refractivity contribution in [2.75, 3.05) is 0 Å². The van der Waals surface area contributed by atoms with Crippen LogP contribution in [0, 0.1) is 6.92 Å². The summed E-state index contributed by atoms with van der Waals surface area (Å²) in [6.45, 7) is 1.92. The summed E-state index contributed by atoms with van der Waals surface area (Å²) in [7, 11) is 0. The van der Waals surface area contributed by atoms with E-state index in [4.69, 9.17) is 11.6 Å². The first-order chi connectivity index (χ1) is 8.66. The van der Waals surface area contributed by atoms with E-state index in [1.807, 2.05) is 35.8 Å². The van der Waals surface area contributed by atoms with Crippen molar-refractivity contribution >= 4 is 38.7 Å². The van der Waals surface area contributed by atoms with Gasteiger partial charge < -0.3 is 0 Å². The molecule has 6 heteroatoms. The Labute approximate surface area is 117 Å². The fourth-order valence-corrected chi connectivity index (χ4v) is 2.31. The van der Waals surface area contributed by atoms with E-state index in [1.54, 1.807) is 0 Å². The van der Waals surface area contributed by atoms with Crippen molar-refractivity contribution in [3.05, 3.63) is 46.0 Å². The first kappa shape index (κ1) is 11.6. The lowest BCUT2D eigenvalue weighted by molar-refractivity contribution is 0.984. The van der Waals surface area contributed by atoms with E-state index in [1.165, 1.54) is 6.33 Å². The molecule has 0 saturated carbocycles. The second kappa shape index (κ2) is 4.33. The van der Waals surface area contributed by atoms with Crippen molar-refractivity contribution < 1.29 is 0 Å². The van der Waals surface area contributed by atoms with Crippen LogP contribution in [0.5, 0.6) is 0 Å². The zero-order valence-electron chi connectivity index (χ0n) is 9.43. The Morgan fingerprint density at radius 2 is 1.89 bits per heavy atom. The summed E-state index contributed by atoms with van der Waals surface area (Å²) in [5.74, 6) is 0.828. The van der Waals surface area contributed by atoms with Gasteiger partial charge in [-0.2, -0.15) is 0 Å². The fourth-order valence-electron chi connectivity index (χ4n) is 1.87. The summed E-state index contributed by atoms with van der Waals surface area (Å²) in [4.78, 5) is 12.6. The number of aryl methyl sites for hydroxylation is 1. The second-order valence-corrected chi connectivity index (χ2v) is 5.08. The summed E-state index contributed by atoms with van der Waals surface area (Å²) in [6, 6.07) is 7.94. The average Bonchev–Trinajstić information content (AvgIpc) is 2.69. The first-order valence-corrected chi connectivity index (χ1v) is 6.45. The molecule has 4 nitrogen and oxygen atoms in total. The van der Waals surface area contributed by atoms with Gasteiger partial charge in [-0.1, -0.05) is 27.5 Å².